The van der Waals surface area contributed by atoms with Gasteiger partial charge in [0.05, 0.1) is 0 Å². The second-order valence-electron chi connectivity index (χ2n) is 5.63. The second kappa shape index (κ2) is 4.91. The molecule has 0 radical (unpaired) electrons. The molecule has 1 N–H and O–H groups in total. The van der Waals surface area contributed by atoms with E-state index in [4.69, 9.17) is 0 Å². The van der Waals surface area contributed by atoms with Crippen molar-refractivity contribution in [2.75, 3.05) is 0 Å². The standard InChI is InChI=1S/C15H19F2NO/c1-9(2)10-4-6-11(7-5-10)12-8-13(12)18-14(19)15(3,16)17/h4-7,9,12-13H,8H2,1-3H3,(H,18,19)/t12-,13+/m0/s1. The summed E-state index contributed by atoms with van der Waals surface area (Å²) in [6, 6.07) is 8.02. The van der Waals surface area contributed by atoms with E-state index in [-0.39, 0.29) is 12.0 Å². The molecule has 0 aliphatic heterocycles. The number of halogens is 2. The SMILES string of the molecule is CC(C)c1ccc([C@@H]2C[C@H]2NC(=O)C(C)(F)F)cc1. The molecule has 104 valence electrons. The molecule has 1 aliphatic rings. The van der Waals surface area contributed by atoms with Crippen LogP contribution in [0.2, 0.25) is 0 Å². The first kappa shape index (κ1) is 14.0. The van der Waals surface area contributed by atoms with E-state index in [1.165, 1.54) is 5.56 Å². The van der Waals surface area contributed by atoms with Crippen LogP contribution in [0.3, 0.4) is 0 Å². The third-order valence-corrected chi connectivity index (χ3v) is 3.54. The second-order valence-corrected chi connectivity index (χ2v) is 5.63. The van der Waals surface area contributed by atoms with Crippen LogP contribution in [0.4, 0.5) is 8.78 Å². The summed E-state index contributed by atoms with van der Waals surface area (Å²) >= 11 is 0. The van der Waals surface area contributed by atoms with Gasteiger partial charge in [-0.25, -0.2) is 0 Å². The van der Waals surface area contributed by atoms with Gasteiger partial charge < -0.3 is 5.32 Å². The Balaban J connectivity index is 1.94. The lowest BCUT2D eigenvalue weighted by Crippen LogP contribution is -2.39. The Hall–Kier alpha value is -1.45. The van der Waals surface area contributed by atoms with Crippen LogP contribution in [0.1, 0.15) is 50.2 Å². The van der Waals surface area contributed by atoms with E-state index >= 15 is 0 Å². The van der Waals surface area contributed by atoms with Crippen molar-refractivity contribution >= 4 is 5.91 Å². The number of carbonyl (C=O) groups is 1. The first-order chi connectivity index (χ1) is 8.79. The van der Waals surface area contributed by atoms with Crippen molar-refractivity contribution in [2.24, 2.45) is 0 Å². The summed E-state index contributed by atoms with van der Waals surface area (Å²) in [4.78, 5) is 11.2. The molecule has 1 fully saturated rings. The van der Waals surface area contributed by atoms with E-state index in [0.717, 1.165) is 12.0 Å². The topological polar surface area (TPSA) is 29.1 Å². The van der Waals surface area contributed by atoms with Gasteiger partial charge in [0.1, 0.15) is 0 Å². The van der Waals surface area contributed by atoms with Gasteiger partial charge in [-0.3, -0.25) is 4.79 Å². The Morgan fingerprint density at radius 2 is 1.89 bits per heavy atom. The van der Waals surface area contributed by atoms with Crippen LogP contribution in [-0.4, -0.2) is 17.9 Å². The molecule has 19 heavy (non-hydrogen) atoms. The molecule has 2 atom stereocenters. The van der Waals surface area contributed by atoms with Gasteiger partial charge in [0.15, 0.2) is 0 Å². The summed E-state index contributed by atoms with van der Waals surface area (Å²) in [5.41, 5.74) is 2.36. The van der Waals surface area contributed by atoms with Gasteiger partial charge in [0.2, 0.25) is 0 Å². The Labute approximate surface area is 112 Å². The molecule has 1 saturated carbocycles. The maximum atomic E-state index is 12.8. The van der Waals surface area contributed by atoms with Crippen LogP contribution in [0.15, 0.2) is 24.3 Å². The smallest absolute Gasteiger partial charge is 0.321 e. The molecule has 4 heteroatoms. The number of hydrogen-bond acceptors (Lipinski definition) is 1. The van der Waals surface area contributed by atoms with E-state index in [2.05, 4.69) is 31.3 Å². The van der Waals surface area contributed by atoms with Gasteiger partial charge in [-0.05, 0) is 23.5 Å². The van der Waals surface area contributed by atoms with Crippen LogP contribution in [0.5, 0.6) is 0 Å². The zero-order chi connectivity index (χ0) is 14.2. The number of hydrogen-bond donors (Lipinski definition) is 1. The fraction of sp³-hybridized carbons (Fsp3) is 0.533. The molecule has 2 rings (SSSR count). The lowest BCUT2D eigenvalue weighted by molar-refractivity contribution is -0.143. The fourth-order valence-electron chi connectivity index (χ4n) is 2.15. The van der Waals surface area contributed by atoms with Crippen molar-refractivity contribution in [2.45, 2.75) is 51.0 Å². The van der Waals surface area contributed by atoms with Gasteiger partial charge >= 0.3 is 5.92 Å². The number of alkyl halides is 2. The summed E-state index contributed by atoms with van der Waals surface area (Å²) in [7, 11) is 0. The first-order valence-electron chi connectivity index (χ1n) is 6.57. The van der Waals surface area contributed by atoms with Gasteiger partial charge in [-0.2, -0.15) is 8.78 Å². The third-order valence-electron chi connectivity index (χ3n) is 3.54. The lowest BCUT2D eigenvalue weighted by atomic mass is 10.0. The number of amides is 1. The van der Waals surface area contributed by atoms with Crippen LogP contribution in [0, 0.1) is 0 Å². The average molecular weight is 267 g/mol. The predicted molar refractivity (Wildman–Crippen MR) is 70.4 cm³/mol. The summed E-state index contributed by atoms with van der Waals surface area (Å²) in [5, 5.41) is 2.39. The van der Waals surface area contributed by atoms with E-state index in [1.54, 1.807) is 0 Å². The quantitative estimate of drug-likeness (QED) is 0.889. The molecule has 2 nitrogen and oxygen atoms in total. The highest BCUT2D eigenvalue weighted by Crippen LogP contribution is 2.41. The molecule has 0 saturated heterocycles. The zero-order valence-corrected chi connectivity index (χ0v) is 11.4. The van der Waals surface area contributed by atoms with E-state index < -0.39 is 11.8 Å². The Kier molecular flexibility index (Phi) is 3.61. The van der Waals surface area contributed by atoms with Crippen molar-refractivity contribution in [3.05, 3.63) is 35.4 Å². The highest BCUT2D eigenvalue weighted by Gasteiger charge is 2.43. The molecule has 1 aromatic rings. The van der Waals surface area contributed by atoms with E-state index in [0.29, 0.717) is 12.8 Å². The first-order valence-corrected chi connectivity index (χ1v) is 6.57. The molecule has 0 unspecified atom stereocenters. The summed E-state index contributed by atoms with van der Waals surface area (Å²) in [5.74, 6) is -3.83. The van der Waals surface area contributed by atoms with Gasteiger partial charge in [0.25, 0.3) is 5.91 Å². The normalized spacial score (nSPS) is 22.4. The van der Waals surface area contributed by atoms with Gasteiger partial charge in [0, 0.05) is 18.9 Å². The minimum atomic E-state index is -3.30. The molecule has 0 spiro atoms. The summed E-state index contributed by atoms with van der Waals surface area (Å²) in [6.45, 7) is 4.87. The van der Waals surface area contributed by atoms with Crippen LogP contribution >= 0.6 is 0 Å². The maximum absolute atomic E-state index is 12.8. The van der Waals surface area contributed by atoms with Crippen molar-refractivity contribution in [3.8, 4) is 0 Å². The lowest BCUT2D eigenvalue weighted by Gasteiger charge is -2.11. The van der Waals surface area contributed by atoms with Crippen molar-refractivity contribution in [1.29, 1.82) is 0 Å². The Bertz CT molecular complexity index is 462. The minimum absolute atomic E-state index is 0.150. The van der Waals surface area contributed by atoms with Crippen molar-refractivity contribution < 1.29 is 13.6 Å². The minimum Gasteiger partial charge on any atom is -0.348 e. The third kappa shape index (κ3) is 3.31. The molecular weight excluding hydrogens is 248 g/mol. The Morgan fingerprint density at radius 3 is 2.37 bits per heavy atom. The number of nitrogens with one attached hydrogen (secondary N) is 1. The highest BCUT2D eigenvalue weighted by atomic mass is 19.3. The van der Waals surface area contributed by atoms with Gasteiger partial charge in [-0.1, -0.05) is 38.1 Å². The highest BCUT2D eigenvalue weighted by molar-refractivity contribution is 5.83. The summed E-state index contributed by atoms with van der Waals surface area (Å²) in [6.07, 6.45) is 0.739. The molecule has 1 aromatic carbocycles. The molecule has 0 aromatic heterocycles. The van der Waals surface area contributed by atoms with E-state index in [9.17, 15) is 13.6 Å². The molecule has 0 heterocycles. The largest absolute Gasteiger partial charge is 0.348 e. The molecular formula is C15H19F2NO. The molecule has 1 amide bonds. The monoisotopic (exact) mass is 267 g/mol. The van der Waals surface area contributed by atoms with Crippen molar-refractivity contribution in [3.63, 3.8) is 0 Å². The molecule has 1 aliphatic carbocycles. The van der Waals surface area contributed by atoms with Crippen molar-refractivity contribution in [1.82, 2.24) is 5.32 Å². The number of benzene rings is 1. The van der Waals surface area contributed by atoms with Crippen LogP contribution in [-0.2, 0) is 4.79 Å². The molecule has 0 bridgehead atoms. The zero-order valence-electron chi connectivity index (χ0n) is 11.4. The predicted octanol–water partition coefficient (Wildman–Crippen LogP) is 3.44. The number of carbonyl (C=O) groups excluding carboxylic acids is 1. The summed E-state index contributed by atoms with van der Waals surface area (Å²) < 4.78 is 25.5. The van der Waals surface area contributed by atoms with Crippen LogP contribution < -0.4 is 5.32 Å². The van der Waals surface area contributed by atoms with Gasteiger partial charge in [-0.15, -0.1) is 0 Å². The Morgan fingerprint density at radius 1 is 1.32 bits per heavy atom. The average Bonchev–Trinajstić information content (AvgIpc) is 3.07. The maximum Gasteiger partial charge on any atom is 0.321 e. The van der Waals surface area contributed by atoms with Crippen LogP contribution in [0.25, 0.3) is 0 Å². The van der Waals surface area contributed by atoms with E-state index in [1.807, 2.05) is 12.1 Å². The number of rotatable bonds is 4. The fourth-order valence-corrected chi connectivity index (χ4v) is 2.15.